The van der Waals surface area contributed by atoms with E-state index in [2.05, 4.69) is 63.9 Å². The molecule has 0 saturated heterocycles. The van der Waals surface area contributed by atoms with Gasteiger partial charge < -0.3 is 10.6 Å². The second-order valence-corrected chi connectivity index (χ2v) is 7.74. The van der Waals surface area contributed by atoms with Crippen LogP contribution in [0.3, 0.4) is 0 Å². The molecule has 2 aliphatic carbocycles. The van der Waals surface area contributed by atoms with Crippen LogP contribution in [-0.2, 0) is 6.54 Å². The molecular weight excluding hydrogens is 320 g/mol. The van der Waals surface area contributed by atoms with Crippen molar-refractivity contribution in [3.63, 3.8) is 0 Å². The highest BCUT2D eigenvalue weighted by Crippen LogP contribution is 2.31. The van der Waals surface area contributed by atoms with Crippen LogP contribution in [0.2, 0.25) is 0 Å². The topological polar surface area (TPSA) is 49.8 Å². The van der Waals surface area contributed by atoms with Crippen LogP contribution >= 0.6 is 0 Å². The molecule has 0 atom stereocenters. The first-order valence-corrected chi connectivity index (χ1v) is 9.60. The van der Waals surface area contributed by atoms with Crippen LogP contribution < -0.4 is 10.6 Å². The first-order chi connectivity index (χ1) is 12.7. The maximum Gasteiger partial charge on any atom is 0.137 e. The molecule has 4 heteroatoms. The summed E-state index contributed by atoms with van der Waals surface area (Å²) in [6, 6.07) is 14.7. The van der Waals surface area contributed by atoms with E-state index in [0.29, 0.717) is 6.04 Å². The van der Waals surface area contributed by atoms with Gasteiger partial charge in [-0.1, -0.05) is 23.8 Å². The molecule has 2 aliphatic rings. The lowest BCUT2D eigenvalue weighted by Crippen LogP contribution is -2.15. The summed E-state index contributed by atoms with van der Waals surface area (Å²) in [6.07, 6.45) is 6.77. The number of rotatable bonds is 6. The van der Waals surface area contributed by atoms with Gasteiger partial charge in [-0.2, -0.15) is 0 Å². The molecule has 0 radical (unpaired) electrons. The van der Waals surface area contributed by atoms with E-state index < -0.39 is 0 Å². The number of nitrogens with zero attached hydrogens (tertiary/aromatic N) is 2. The lowest BCUT2D eigenvalue weighted by molar-refractivity contribution is 0.687. The van der Waals surface area contributed by atoms with Crippen molar-refractivity contribution in [1.29, 1.82) is 0 Å². The second-order valence-electron chi connectivity index (χ2n) is 7.74. The third-order valence-corrected chi connectivity index (χ3v) is 5.20. The molecule has 2 aromatic carbocycles. The van der Waals surface area contributed by atoms with E-state index in [1.165, 1.54) is 47.9 Å². The van der Waals surface area contributed by atoms with Gasteiger partial charge in [0.15, 0.2) is 0 Å². The van der Waals surface area contributed by atoms with Gasteiger partial charge in [0.1, 0.15) is 12.1 Å². The van der Waals surface area contributed by atoms with E-state index in [1.54, 1.807) is 6.33 Å². The van der Waals surface area contributed by atoms with Gasteiger partial charge in [-0.15, -0.1) is 0 Å². The zero-order valence-electron chi connectivity index (χ0n) is 15.1. The summed E-state index contributed by atoms with van der Waals surface area (Å²) in [7, 11) is 0. The van der Waals surface area contributed by atoms with Gasteiger partial charge in [0.05, 0.1) is 5.52 Å². The Kier molecular flexibility index (Phi) is 3.86. The number of hydrogen-bond acceptors (Lipinski definition) is 4. The SMILES string of the molecule is Cc1cc(CNC2CC2)cc(-c2ccc3ncnc(NC4CC4)c3c2)c1. The summed E-state index contributed by atoms with van der Waals surface area (Å²) in [5.41, 5.74) is 6.14. The number of aryl methyl sites for hydroxylation is 1. The maximum absolute atomic E-state index is 4.48. The third kappa shape index (κ3) is 3.42. The Balaban J connectivity index is 1.51. The van der Waals surface area contributed by atoms with E-state index in [4.69, 9.17) is 0 Å². The molecule has 0 amide bonds. The fourth-order valence-electron chi connectivity index (χ4n) is 3.45. The van der Waals surface area contributed by atoms with Gasteiger partial charge in [0.25, 0.3) is 0 Å². The summed E-state index contributed by atoms with van der Waals surface area (Å²) < 4.78 is 0. The van der Waals surface area contributed by atoms with Crippen LogP contribution in [0, 0.1) is 6.92 Å². The summed E-state index contributed by atoms with van der Waals surface area (Å²) in [4.78, 5) is 8.91. The van der Waals surface area contributed by atoms with Gasteiger partial charge >= 0.3 is 0 Å². The normalized spacial score (nSPS) is 16.8. The Morgan fingerprint density at radius 3 is 2.58 bits per heavy atom. The number of aromatic nitrogens is 2. The number of hydrogen-bond donors (Lipinski definition) is 2. The van der Waals surface area contributed by atoms with E-state index in [1.807, 2.05) is 0 Å². The summed E-state index contributed by atoms with van der Waals surface area (Å²) in [6.45, 7) is 3.12. The fraction of sp³-hybridized carbons (Fsp3) is 0.364. The fourth-order valence-corrected chi connectivity index (χ4v) is 3.45. The van der Waals surface area contributed by atoms with Crippen LogP contribution in [0.4, 0.5) is 5.82 Å². The summed E-state index contributed by atoms with van der Waals surface area (Å²) >= 11 is 0. The highest BCUT2D eigenvalue weighted by molar-refractivity contribution is 5.92. The van der Waals surface area contributed by atoms with Crippen molar-refractivity contribution >= 4 is 16.7 Å². The molecule has 1 aromatic heterocycles. The zero-order valence-corrected chi connectivity index (χ0v) is 15.1. The van der Waals surface area contributed by atoms with Gasteiger partial charge in [-0.25, -0.2) is 9.97 Å². The minimum Gasteiger partial charge on any atom is -0.367 e. The Morgan fingerprint density at radius 2 is 1.77 bits per heavy atom. The van der Waals surface area contributed by atoms with E-state index in [-0.39, 0.29) is 0 Å². The summed E-state index contributed by atoms with van der Waals surface area (Å²) in [5, 5.41) is 8.26. The standard InChI is InChI=1S/C22H24N4/c1-14-8-15(12-23-18-3-4-18)10-17(9-14)16-2-7-21-20(11-16)22(25-13-24-21)26-19-5-6-19/h2,7-11,13,18-19,23H,3-6,12H2,1H3,(H,24,25,26). The predicted molar refractivity (Wildman–Crippen MR) is 106 cm³/mol. The third-order valence-electron chi connectivity index (χ3n) is 5.20. The van der Waals surface area contributed by atoms with Crippen molar-refractivity contribution in [2.24, 2.45) is 0 Å². The minimum atomic E-state index is 0.579. The molecule has 26 heavy (non-hydrogen) atoms. The largest absolute Gasteiger partial charge is 0.367 e. The molecule has 1 heterocycles. The first kappa shape index (κ1) is 15.8. The number of nitrogens with one attached hydrogen (secondary N) is 2. The lowest BCUT2D eigenvalue weighted by atomic mass is 9.99. The first-order valence-electron chi connectivity index (χ1n) is 9.60. The molecule has 2 saturated carbocycles. The monoisotopic (exact) mass is 344 g/mol. The lowest BCUT2D eigenvalue weighted by Gasteiger charge is -2.11. The molecule has 0 unspecified atom stereocenters. The molecule has 0 bridgehead atoms. The van der Waals surface area contributed by atoms with Crippen molar-refractivity contribution in [1.82, 2.24) is 15.3 Å². The number of fused-ring (bicyclic) bond motifs is 1. The molecule has 5 rings (SSSR count). The van der Waals surface area contributed by atoms with Crippen LogP contribution in [0.5, 0.6) is 0 Å². The predicted octanol–water partition coefficient (Wildman–Crippen LogP) is 4.43. The minimum absolute atomic E-state index is 0.579. The van der Waals surface area contributed by atoms with Crippen molar-refractivity contribution in [2.45, 2.75) is 51.2 Å². The highest BCUT2D eigenvalue weighted by Gasteiger charge is 2.22. The Hall–Kier alpha value is -2.46. The Bertz CT molecular complexity index is 958. The molecular formula is C22H24N4. The molecule has 2 fully saturated rings. The van der Waals surface area contributed by atoms with Crippen LogP contribution in [0.15, 0.2) is 42.7 Å². The average Bonchev–Trinajstić information content (AvgIpc) is 3.55. The van der Waals surface area contributed by atoms with Crippen molar-refractivity contribution < 1.29 is 0 Å². The second kappa shape index (κ2) is 6.36. The van der Waals surface area contributed by atoms with Gasteiger partial charge in [0.2, 0.25) is 0 Å². The van der Waals surface area contributed by atoms with Crippen LogP contribution in [0.25, 0.3) is 22.0 Å². The van der Waals surface area contributed by atoms with Gasteiger partial charge in [-0.3, -0.25) is 0 Å². The number of benzene rings is 2. The smallest absolute Gasteiger partial charge is 0.137 e. The highest BCUT2D eigenvalue weighted by atomic mass is 15.1. The molecule has 2 N–H and O–H groups in total. The quantitative estimate of drug-likeness (QED) is 0.694. The van der Waals surface area contributed by atoms with Crippen LogP contribution in [-0.4, -0.2) is 22.1 Å². The molecule has 132 valence electrons. The van der Waals surface area contributed by atoms with Crippen molar-refractivity contribution in [3.8, 4) is 11.1 Å². The molecule has 0 aliphatic heterocycles. The Labute approximate surface area is 154 Å². The van der Waals surface area contributed by atoms with E-state index >= 15 is 0 Å². The van der Waals surface area contributed by atoms with Crippen molar-refractivity contribution in [3.05, 3.63) is 53.9 Å². The average molecular weight is 344 g/mol. The molecule has 3 aromatic rings. The van der Waals surface area contributed by atoms with E-state index in [9.17, 15) is 0 Å². The zero-order chi connectivity index (χ0) is 17.5. The van der Waals surface area contributed by atoms with Crippen LogP contribution in [0.1, 0.15) is 36.8 Å². The van der Waals surface area contributed by atoms with Crippen molar-refractivity contribution in [2.75, 3.05) is 5.32 Å². The van der Waals surface area contributed by atoms with E-state index in [0.717, 1.165) is 29.3 Å². The van der Waals surface area contributed by atoms with Gasteiger partial charge in [-0.05, 0) is 67.5 Å². The maximum atomic E-state index is 4.48. The molecule has 4 nitrogen and oxygen atoms in total. The Morgan fingerprint density at radius 1 is 0.923 bits per heavy atom. The molecule has 0 spiro atoms. The summed E-state index contributed by atoms with van der Waals surface area (Å²) in [5.74, 6) is 0.961. The number of anilines is 1. The van der Waals surface area contributed by atoms with Gasteiger partial charge in [0, 0.05) is 24.0 Å².